The number of hydrogen-bond acceptors (Lipinski definition) is 0. The molecule has 0 aliphatic rings. The molecule has 0 rings (SSSR count). The van der Waals surface area contributed by atoms with E-state index in [0.29, 0.717) is 0 Å². The van der Waals surface area contributed by atoms with Crippen molar-refractivity contribution in [1.82, 2.24) is 0 Å². The van der Waals surface area contributed by atoms with Crippen LogP contribution in [0.25, 0.3) is 0 Å². The minimum Gasteiger partial charge on any atom is -0.358 e. The van der Waals surface area contributed by atoms with Gasteiger partial charge < -0.3 is 29.7 Å². The molecule has 0 N–H and O–H groups in total. The Labute approximate surface area is 105 Å². The van der Waals surface area contributed by atoms with E-state index in [4.69, 9.17) is 0 Å². The van der Waals surface area contributed by atoms with Gasteiger partial charge in [-0.25, -0.2) is 0 Å². The van der Waals surface area contributed by atoms with Crippen molar-refractivity contribution in [2.45, 2.75) is 22.3 Å². The van der Waals surface area contributed by atoms with Gasteiger partial charge in [0.1, 0.15) is 0 Å². The van der Waals surface area contributed by atoms with Crippen LogP contribution in [0.4, 0.5) is 0 Å². The van der Waals surface area contributed by atoms with E-state index in [1.807, 2.05) is 0 Å². The van der Waals surface area contributed by atoms with Gasteiger partial charge in [-0.15, -0.1) is 0 Å². The van der Waals surface area contributed by atoms with E-state index >= 15 is 0 Å². The summed E-state index contributed by atoms with van der Waals surface area (Å²) < 4.78 is 0. The topological polar surface area (TPSA) is 0 Å². The zero-order valence-electron chi connectivity index (χ0n) is 4.99. The van der Waals surface area contributed by atoms with Crippen molar-refractivity contribution >= 4 is 0 Å². The molecule has 0 bridgehead atoms. The van der Waals surface area contributed by atoms with Crippen LogP contribution in [0.2, 0.25) is 0 Å². The summed E-state index contributed by atoms with van der Waals surface area (Å²) >= 11 is 0. The third-order valence-electron chi connectivity index (χ3n) is 0. The molecule has 0 aliphatic heterocycles. The molecule has 0 aromatic rings. The van der Waals surface area contributed by atoms with Gasteiger partial charge in [-0.3, -0.25) is 0 Å². The molecule has 0 saturated carbocycles. The molecule has 0 aromatic carbocycles. The van der Waals surface area contributed by atoms with Gasteiger partial charge >= 0.3 is 32.7 Å². The molecule has 0 heterocycles. The quantitative estimate of drug-likeness (QED) is 0.562. The van der Waals surface area contributed by atoms with Gasteiger partial charge in [0.25, 0.3) is 0 Å². The molecule has 62 valence electrons. The number of rotatable bonds is 0. The van der Waals surface area contributed by atoms with E-state index in [0.717, 1.165) is 0 Å². The van der Waals surface area contributed by atoms with Crippen molar-refractivity contribution < 1.29 is 53.8 Å². The largest absolute Gasteiger partial charge is 3.00 e. The van der Waals surface area contributed by atoms with Gasteiger partial charge in [0.05, 0.1) is 0 Å². The fraction of sp³-hybridized carbons (Fsp3) is 0.429. The smallest absolute Gasteiger partial charge is 0.358 e. The third-order valence-corrected chi connectivity index (χ3v) is 0. The molecule has 0 nitrogen and oxygen atoms in total. The van der Waals surface area contributed by atoms with Crippen LogP contribution < -0.4 is 0 Å². The van der Waals surface area contributed by atoms with Crippen LogP contribution in [0.1, 0.15) is 22.3 Å². The van der Waals surface area contributed by atoms with Gasteiger partial charge in [0.2, 0.25) is 0 Å². The van der Waals surface area contributed by atoms with Gasteiger partial charge in [0.15, 0.2) is 0 Å². The normalized spacial score (nSPS) is 0. The molecule has 9 heavy (non-hydrogen) atoms. The minimum atomic E-state index is 0. The van der Waals surface area contributed by atoms with Crippen molar-refractivity contribution in [1.29, 1.82) is 0 Å². The van der Waals surface area contributed by atoms with Crippen LogP contribution in [-0.2, 0) is 53.8 Å². The predicted octanol–water partition coefficient (Wildman–Crippen LogP) is 3.70. The second kappa shape index (κ2) is 236. The standard InChI is InChI=1S/3CH4.4CH3.W.Y/h3*1H4;4*1H3;;/q;;;4*-1;;+3. The van der Waals surface area contributed by atoms with Crippen LogP contribution >= 0.6 is 0 Å². The van der Waals surface area contributed by atoms with E-state index in [-0.39, 0.29) is 106 Å². The van der Waals surface area contributed by atoms with E-state index in [1.165, 1.54) is 0 Å². The van der Waals surface area contributed by atoms with E-state index in [2.05, 4.69) is 0 Å². The van der Waals surface area contributed by atoms with Crippen molar-refractivity contribution in [3.8, 4) is 0 Å². The third kappa shape index (κ3) is 185. The maximum atomic E-state index is 0. The first-order valence-corrected chi connectivity index (χ1v) is 0. The summed E-state index contributed by atoms with van der Waals surface area (Å²) in [4.78, 5) is 0. The summed E-state index contributed by atoms with van der Waals surface area (Å²) in [5.41, 5.74) is 0. The zero-order valence-corrected chi connectivity index (χ0v) is 10.8. The summed E-state index contributed by atoms with van der Waals surface area (Å²) in [7, 11) is 0. The van der Waals surface area contributed by atoms with Crippen molar-refractivity contribution in [3.63, 3.8) is 0 Å². The first-order chi connectivity index (χ1) is 0. The average Bonchev–Trinajstić information content (AvgIpc) is 0. The molecular weight excluding hydrogens is 357 g/mol. The number of hydrogen-bond donors (Lipinski definition) is 0. The molecule has 2 heteroatoms. The molecular formula is C7H24WY-. The Morgan fingerprint density at radius 1 is 0.444 bits per heavy atom. The van der Waals surface area contributed by atoms with Gasteiger partial charge in [0, 0.05) is 21.1 Å². The molecule has 0 spiro atoms. The van der Waals surface area contributed by atoms with Crippen LogP contribution in [0, 0.1) is 29.7 Å². The summed E-state index contributed by atoms with van der Waals surface area (Å²) in [6, 6.07) is 0. The fourth-order valence-corrected chi connectivity index (χ4v) is 0. The fourth-order valence-electron chi connectivity index (χ4n) is 0. The Bertz CT molecular complexity index is 8.88. The average molecular weight is 381 g/mol. The molecule has 0 radical (unpaired) electrons. The van der Waals surface area contributed by atoms with E-state index < -0.39 is 0 Å². The van der Waals surface area contributed by atoms with Gasteiger partial charge in [-0.1, -0.05) is 22.3 Å². The first-order valence-electron chi connectivity index (χ1n) is 0. The minimum absolute atomic E-state index is 0. The monoisotopic (exact) mass is 381 g/mol. The van der Waals surface area contributed by atoms with Crippen LogP contribution in [0.15, 0.2) is 0 Å². The summed E-state index contributed by atoms with van der Waals surface area (Å²) in [6.45, 7) is 0. The van der Waals surface area contributed by atoms with Gasteiger partial charge in [-0.2, -0.15) is 0 Å². The van der Waals surface area contributed by atoms with Crippen LogP contribution in [-0.4, -0.2) is 0 Å². The maximum Gasteiger partial charge on any atom is 3.00 e. The van der Waals surface area contributed by atoms with Crippen LogP contribution in [0.5, 0.6) is 0 Å². The second-order valence-electron chi connectivity index (χ2n) is 0. The van der Waals surface area contributed by atoms with Gasteiger partial charge in [-0.05, 0) is 0 Å². The summed E-state index contributed by atoms with van der Waals surface area (Å²) in [6.07, 6.45) is 0. The Morgan fingerprint density at radius 2 is 0.444 bits per heavy atom. The molecule has 0 aromatic heterocycles. The molecule has 0 atom stereocenters. The molecule has 0 aliphatic carbocycles. The predicted molar refractivity (Wildman–Crippen MR) is 45.8 cm³/mol. The summed E-state index contributed by atoms with van der Waals surface area (Å²) in [5, 5.41) is 0. The molecule has 0 amide bonds. The SMILES string of the molecule is C.C.C.[CH3-].[CH3-].[CH3-].[CH3-].[W].[Y+3]. The van der Waals surface area contributed by atoms with E-state index in [9.17, 15) is 0 Å². The molecule has 0 fully saturated rings. The Kier molecular flexibility index (Phi) is 8440. The first kappa shape index (κ1) is 322. The summed E-state index contributed by atoms with van der Waals surface area (Å²) in [5.74, 6) is 0. The van der Waals surface area contributed by atoms with Crippen molar-refractivity contribution in [2.24, 2.45) is 0 Å². The molecule has 0 unspecified atom stereocenters. The maximum absolute atomic E-state index is 0. The van der Waals surface area contributed by atoms with Crippen LogP contribution in [0.3, 0.4) is 0 Å². The van der Waals surface area contributed by atoms with E-state index in [1.54, 1.807) is 0 Å². The van der Waals surface area contributed by atoms with Crippen molar-refractivity contribution in [3.05, 3.63) is 29.7 Å². The second-order valence-corrected chi connectivity index (χ2v) is 0. The molecule has 0 saturated heterocycles. The Balaban J connectivity index is 0. The Morgan fingerprint density at radius 3 is 0.444 bits per heavy atom. The zero-order chi connectivity index (χ0) is 0. The van der Waals surface area contributed by atoms with Crippen molar-refractivity contribution in [2.75, 3.05) is 0 Å². The Hall–Kier alpha value is 1.79.